The summed E-state index contributed by atoms with van der Waals surface area (Å²) >= 11 is 11.1. The Hall–Kier alpha value is 0.580. The molecule has 2 heteroatoms. The lowest BCUT2D eigenvalue weighted by atomic mass is 9.99. The molecule has 0 aromatic carbocycles. The first-order chi connectivity index (χ1) is 2.80. The highest BCUT2D eigenvalue weighted by Crippen LogP contribution is 2.29. The van der Waals surface area contributed by atoms with Crippen LogP contribution in [0.25, 0.3) is 0 Å². The largest absolute Gasteiger partial charge is 0.121 e. The van der Waals surface area contributed by atoms with Crippen LogP contribution in [0.5, 0.6) is 0 Å². The van der Waals surface area contributed by atoms with E-state index in [-0.39, 0.29) is 10.8 Å². The predicted octanol–water partition coefficient (Wildman–Crippen LogP) is 2.00. The quantitative estimate of drug-likeness (QED) is 0.434. The third kappa shape index (κ3) is 0.640. The molecule has 2 unspecified atom stereocenters. The molecule has 0 saturated heterocycles. The monoisotopic (exact) mass is 124 g/mol. The summed E-state index contributed by atoms with van der Waals surface area (Å²) < 4.78 is 0. The average molecular weight is 125 g/mol. The van der Waals surface area contributed by atoms with Gasteiger partial charge in [-0.05, 0) is 12.8 Å². The lowest BCUT2D eigenvalue weighted by Gasteiger charge is -2.24. The van der Waals surface area contributed by atoms with Crippen LogP contribution in [0.1, 0.15) is 12.8 Å². The molecule has 1 rings (SSSR count). The summed E-state index contributed by atoms with van der Waals surface area (Å²) in [6.45, 7) is 0. The molecule has 0 radical (unpaired) electrons. The molecule has 0 aliphatic heterocycles. The Kier molecular flexibility index (Phi) is 1.25. The van der Waals surface area contributed by atoms with Crippen LogP contribution in [0.3, 0.4) is 0 Å². The molecule has 1 aliphatic rings. The van der Waals surface area contributed by atoms with Crippen LogP contribution in [0, 0.1) is 0 Å². The lowest BCUT2D eigenvalue weighted by molar-refractivity contribution is 0.524. The average Bonchev–Trinajstić information content (AvgIpc) is 1.61. The molecule has 0 bridgehead atoms. The topological polar surface area (TPSA) is 0 Å². The second-order valence-corrected chi connectivity index (χ2v) is 2.73. The van der Waals surface area contributed by atoms with Gasteiger partial charge in [-0.2, -0.15) is 0 Å². The Labute approximate surface area is 47.4 Å². The summed E-state index contributed by atoms with van der Waals surface area (Å²) in [5.74, 6) is 0. The second-order valence-electron chi connectivity index (χ2n) is 1.61. The number of halogens is 2. The van der Waals surface area contributed by atoms with Crippen molar-refractivity contribution in [1.29, 1.82) is 0 Å². The fraction of sp³-hybridized carbons (Fsp3) is 1.00. The molecular weight excluding hydrogens is 119 g/mol. The highest BCUT2D eigenvalue weighted by Gasteiger charge is 2.25. The number of alkyl halides is 2. The van der Waals surface area contributed by atoms with E-state index in [1.54, 1.807) is 0 Å². The van der Waals surface area contributed by atoms with E-state index >= 15 is 0 Å². The first-order valence-corrected chi connectivity index (χ1v) is 2.96. The molecule has 36 valence electrons. The van der Waals surface area contributed by atoms with Crippen LogP contribution in [0.4, 0.5) is 0 Å². The van der Waals surface area contributed by atoms with Crippen molar-refractivity contribution in [3.05, 3.63) is 0 Å². The SMILES string of the molecule is ClC1CCC1Cl. The summed E-state index contributed by atoms with van der Waals surface area (Å²) in [4.78, 5) is 0. The maximum Gasteiger partial charge on any atom is 0.0500 e. The molecular formula is C4H6Cl2. The van der Waals surface area contributed by atoms with Gasteiger partial charge in [0.2, 0.25) is 0 Å². The molecule has 1 aliphatic carbocycles. The zero-order valence-corrected chi connectivity index (χ0v) is 4.84. The Bertz CT molecular complexity index is 45.5. The van der Waals surface area contributed by atoms with Crippen molar-refractivity contribution in [3.63, 3.8) is 0 Å². The van der Waals surface area contributed by atoms with Gasteiger partial charge < -0.3 is 0 Å². The van der Waals surface area contributed by atoms with Crippen molar-refractivity contribution in [1.82, 2.24) is 0 Å². The third-order valence-corrected chi connectivity index (χ3v) is 2.28. The highest BCUT2D eigenvalue weighted by molar-refractivity contribution is 6.31. The molecule has 0 spiro atoms. The van der Waals surface area contributed by atoms with Gasteiger partial charge in [-0.15, -0.1) is 23.2 Å². The maximum atomic E-state index is 5.57. The van der Waals surface area contributed by atoms with Gasteiger partial charge in [0.1, 0.15) is 0 Å². The molecule has 2 atom stereocenters. The third-order valence-electron chi connectivity index (χ3n) is 1.11. The maximum absolute atomic E-state index is 5.57. The summed E-state index contributed by atoms with van der Waals surface area (Å²) in [6, 6.07) is 0. The lowest BCUT2D eigenvalue weighted by Crippen LogP contribution is -2.26. The minimum atomic E-state index is 0.270. The van der Waals surface area contributed by atoms with E-state index in [0.717, 1.165) is 12.8 Å². The van der Waals surface area contributed by atoms with Gasteiger partial charge in [0.15, 0.2) is 0 Å². The van der Waals surface area contributed by atoms with Crippen LogP contribution in [-0.2, 0) is 0 Å². The summed E-state index contributed by atoms with van der Waals surface area (Å²) in [6.07, 6.45) is 2.21. The standard InChI is InChI=1S/C4H6Cl2/c5-3-1-2-4(3)6/h3-4H,1-2H2. The fourth-order valence-corrected chi connectivity index (χ4v) is 0.923. The molecule has 1 saturated carbocycles. The minimum absolute atomic E-state index is 0.270. The van der Waals surface area contributed by atoms with Gasteiger partial charge in [0.25, 0.3) is 0 Å². The van der Waals surface area contributed by atoms with Crippen LogP contribution < -0.4 is 0 Å². The zero-order chi connectivity index (χ0) is 4.57. The molecule has 6 heavy (non-hydrogen) atoms. The van der Waals surface area contributed by atoms with Crippen molar-refractivity contribution < 1.29 is 0 Å². The fourth-order valence-electron chi connectivity index (χ4n) is 0.419. The zero-order valence-electron chi connectivity index (χ0n) is 3.32. The minimum Gasteiger partial charge on any atom is -0.121 e. The van der Waals surface area contributed by atoms with Gasteiger partial charge in [0, 0.05) is 10.8 Å². The van der Waals surface area contributed by atoms with Crippen molar-refractivity contribution >= 4 is 23.2 Å². The number of hydrogen-bond acceptors (Lipinski definition) is 0. The van der Waals surface area contributed by atoms with E-state index in [2.05, 4.69) is 0 Å². The Balaban J connectivity index is 2.20. The number of rotatable bonds is 0. The Morgan fingerprint density at radius 3 is 1.33 bits per heavy atom. The van der Waals surface area contributed by atoms with Crippen LogP contribution in [0.2, 0.25) is 0 Å². The molecule has 1 fully saturated rings. The summed E-state index contributed by atoms with van der Waals surface area (Å²) in [5.41, 5.74) is 0. The molecule has 0 aromatic heterocycles. The summed E-state index contributed by atoms with van der Waals surface area (Å²) in [7, 11) is 0. The van der Waals surface area contributed by atoms with Gasteiger partial charge in [-0.25, -0.2) is 0 Å². The van der Waals surface area contributed by atoms with Crippen LogP contribution in [-0.4, -0.2) is 10.8 Å². The molecule has 0 amide bonds. The van der Waals surface area contributed by atoms with Crippen LogP contribution >= 0.6 is 23.2 Å². The second kappa shape index (κ2) is 1.59. The van der Waals surface area contributed by atoms with E-state index in [0.29, 0.717) is 0 Å². The number of hydrogen-bond donors (Lipinski definition) is 0. The van der Waals surface area contributed by atoms with Gasteiger partial charge in [-0.3, -0.25) is 0 Å². The van der Waals surface area contributed by atoms with E-state index in [9.17, 15) is 0 Å². The smallest absolute Gasteiger partial charge is 0.0500 e. The van der Waals surface area contributed by atoms with E-state index in [1.165, 1.54) is 0 Å². The Morgan fingerprint density at radius 1 is 1.00 bits per heavy atom. The van der Waals surface area contributed by atoms with Gasteiger partial charge in [0.05, 0.1) is 0 Å². The van der Waals surface area contributed by atoms with Crippen molar-refractivity contribution in [3.8, 4) is 0 Å². The Morgan fingerprint density at radius 2 is 1.33 bits per heavy atom. The predicted molar refractivity (Wildman–Crippen MR) is 28.5 cm³/mol. The van der Waals surface area contributed by atoms with Crippen molar-refractivity contribution in [2.75, 3.05) is 0 Å². The highest BCUT2D eigenvalue weighted by atomic mass is 35.5. The molecule has 0 aromatic rings. The first kappa shape index (κ1) is 4.73. The molecule has 0 heterocycles. The summed E-state index contributed by atoms with van der Waals surface area (Å²) in [5, 5.41) is 0.540. The van der Waals surface area contributed by atoms with Crippen LogP contribution in [0.15, 0.2) is 0 Å². The van der Waals surface area contributed by atoms with E-state index in [1.807, 2.05) is 0 Å². The normalized spacial score (nSPS) is 45.0. The van der Waals surface area contributed by atoms with Gasteiger partial charge >= 0.3 is 0 Å². The van der Waals surface area contributed by atoms with Crippen molar-refractivity contribution in [2.24, 2.45) is 0 Å². The molecule has 0 N–H and O–H groups in total. The van der Waals surface area contributed by atoms with Gasteiger partial charge in [-0.1, -0.05) is 0 Å². The van der Waals surface area contributed by atoms with E-state index in [4.69, 9.17) is 23.2 Å². The van der Waals surface area contributed by atoms with E-state index < -0.39 is 0 Å². The first-order valence-electron chi connectivity index (χ1n) is 2.09. The van der Waals surface area contributed by atoms with Crippen molar-refractivity contribution in [2.45, 2.75) is 23.6 Å². The molecule has 0 nitrogen and oxygen atoms in total.